The van der Waals surface area contributed by atoms with E-state index < -0.39 is 11.0 Å². The summed E-state index contributed by atoms with van der Waals surface area (Å²) in [7, 11) is 0. The molecule has 0 radical (unpaired) electrons. The zero-order valence-electron chi connectivity index (χ0n) is 16.0. The molecule has 0 fully saturated rings. The van der Waals surface area contributed by atoms with Gasteiger partial charge in [-0.05, 0) is 71.2 Å². The molecule has 0 amide bonds. The lowest BCUT2D eigenvalue weighted by Crippen LogP contribution is -2.35. The number of esters is 1. The van der Waals surface area contributed by atoms with Crippen molar-refractivity contribution in [1.82, 2.24) is 4.98 Å². The van der Waals surface area contributed by atoms with Crippen LogP contribution in [0.4, 0.5) is 5.82 Å². The maximum absolute atomic E-state index is 12.5. The van der Waals surface area contributed by atoms with Gasteiger partial charge < -0.3 is 10.5 Å². The first-order valence-corrected chi connectivity index (χ1v) is 8.54. The fourth-order valence-electron chi connectivity index (χ4n) is 2.66. The molecule has 0 unspecified atom stereocenters. The minimum absolute atomic E-state index is 0.191. The van der Waals surface area contributed by atoms with Crippen molar-refractivity contribution in [2.45, 2.75) is 53.6 Å². The number of benzene rings is 1. The van der Waals surface area contributed by atoms with Crippen LogP contribution in [0.3, 0.4) is 0 Å². The number of carbonyl (C=O) groups is 1. The van der Waals surface area contributed by atoms with Crippen LogP contribution in [-0.2, 0) is 16.0 Å². The highest BCUT2D eigenvalue weighted by molar-refractivity contribution is 5.77. The zero-order chi connectivity index (χ0) is 18.8. The van der Waals surface area contributed by atoms with Crippen molar-refractivity contribution in [2.75, 3.05) is 5.73 Å². The molecule has 2 aromatic rings. The molecule has 2 N–H and O–H groups in total. The number of nitrogen functional groups attached to an aromatic ring is 1. The standard InChI is InChI=1S/C21H28N2O2/c1-14-10-11-17(22)23-18(14)16-9-7-8-15(12-16)13-21(5,6)19(24)25-20(2,3)4/h7-12H,13H2,1-6H3,(H2,22,23). The van der Waals surface area contributed by atoms with Crippen molar-refractivity contribution < 1.29 is 9.53 Å². The summed E-state index contributed by atoms with van der Waals surface area (Å²) in [4.78, 5) is 16.9. The van der Waals surface area contributed by atoms with Crippen LogP contribution >= 0.6 is 0 Å². The Morgan fingerprint density at radius 1 is 1.12 bits per heavy atom. The largest absolute Gasteiger partial charge is 0.460 e. The lowest BCUT2D eigenvalue weighted by Gasteiger charge is -2.28. The Balaban J connectivity index is 2.27. The number of nitrogens with zero attached hydrogens (tertiary/aromatic N) is 1. The Hall–Kier alpha value is -2.36. The van der Waals surface area contributed by atoms with Crippen molar-refractivity contribution in [2.24, 2.45) is 5.41 Å². The second-order valence-electron chi connectivity index (χ2n) is 8.16. The third-order valence-electron chi connectivity index (χ3n) is 3.92. The molecule has 2 rings (SSSR count). The molecular formula is C21H28N2O2. The molecular weight excluding hydrogens is 312 g/mol. The molecule has 4 heteroatoms. The summed E-state index contributed by atoms with van der Waals surface area (Å²) in [6.07, 6.45) is 0.594. The third kappa shape index (κ3) is 5.05. The van der Waals surface area contributed by atoms with E-state index in [0.29, 0.717) is 12.2 Å². The first-order valence-electron chi connectivity index (χ1n) is 8.54. The van der Waals surface area contributed by atoms with Crippen molar-refractivity contribution in [3.05, 3.63) is 47.5 Å². The predicted octanol–water partition coefficient (Wildman–Crippen LogP) is 4.55. The summed E-state index contributed by atoms with van der Waals surface area (Å²) in [5.41, 5.74) is 8.74. The molecule has 134 valence electrons. The number of anilines is 1. The Kier molecular flexibility index (Phi) is 5.21. The number of hydrogen-bond acceptors (Lipinski definition) is 4. The summed E-state index contributed by atoms with van der Waals surface area (Å²) in [6, 6.07) is 11.9. The van der Waals surface area contributed by atoms with E-state index in [4.69, 9.17) is 10.5 Å². The maximum Gasteiger partial charge on any atom is 0.312 e. The summed E-state index contributed by atoms with van der Waals surface area (Å²) in [5.74, 6) is 0.309. The van der Waals surface area contributed by atoms with Crippen LogP contribution in [0.5, 0.6) is 0 Å². The smallest absolute Gasteiger partial charge is 0.312 e. The van der Waals surface area contributed by atoms with Crippen LogP contribution in [0.2, 0.25) is 0 Å². The average molecular weight is 340 g/mol. The van der Waals surface area contributed by atoms with E-state index in [1.807, 2.05) is 65.8 Å². The molecule has 0 aliphatic carbocycles. The highest BCUT2D eigenvalue weighted by atomic mass is 16.6. The Morgan fingerprint density at radius 3 is 2.44 bits per heavy atom. The number of carbonyl (C=O) groups excluding carboxylic acids is 1. The van der Waals surface area contributed by atoms with Gasteiger partial charge in [0.25, 0.3) is 0 Å². The molecule has 0 saturated heterocycles. The van der Waals surface area contributed by atoms with Gasteiger partial charge in [-0.1, -0.05) is 24.3 Å². The lowest BCUT2D eigenvalue weighted by molar-refractivity contribution is -0.165. The van der Waals surface area contributed by atoms with Crippen LogP contribution < -0.4 is 5.73 Å². The maximum atomic E-state index is 12.5. The van der Waals surface area contributed by atoms with Crippen molar-refractivity contribution >= 4 is 11.8 Å². The van der Waals surface area contributed by atoms with Gasteiger partial charge in [-0.25, -0.2) is 4.98 Å². The molecule has 4 nitrogen and oxygen atoms in total. The van der Waals surface area contributed by atoms with Gasteiger partial charge in [-0.3, -0.25) is 4.79 Å². The molecule has 25 heavy (non-hydrogen) atoms. The molecule has 0 atom stereocenters. The lowest BCUT2D eigenvalue weighted by atomic mass is 9.85. The van der Waals surface area contributed by atoms with Crippen LogP contribution in [0, 0.1) is 12.3 Å². The van der Waals surface area contributed by atoms with Gasteiger partial charge in [0, 0.05) is 5.56 Å². The van der Waals surface area contributed by atoms with E-state index >= 15 is 0 Å². The normalized spacial score (nSPS) is 12.1. The first-order chi connectivity index (χ1) is 11.5. The van der Waals surface area contributed by atoms with E-state index in [1.165, 1.54) is 0 Å². The monoisotopic (exact) mass is 340 g/mol. The van der Waals surface area contributed by atoms with Crippen molar-refractivity contribution in [3.8, 4) is 11.3 Å². The van der Waals surface area contributed by atoms with Gasteiger partial charge in [-0.2, -0.15) is 0 Å². The second-order valence-corrected chi connectivity index (χ2v) is 8.16. The van der Waals surface area contributed by atoms with E-state index in [2.05, 4.69) is 11.1 Å². The summed E-state index contributed by atoms with van der Waals surface area (Å²) in [5, 5.41) is 0. The van der Waals surface area contributed by atoms with Gasteiger partial charge >= 0.3 is 5.97 Å². The molecule has 0 aliphatic rings. The molecule has 1 heterocycles. The van der Waals surface area contributed by atoms with E-state index in [-0.39, 0.29) is 5.97 Å². The summed E-state index contributed by atoms with van der Waals surface area (Å²) < 4.78 is 5.56. The van der Waals surface area contributed by atoms with Gasteiger partial charge in [0.2, 0.25) is 0 Å². The van der Waals surface area contributed by atoms with Gasteiger partial charge in [0.1, 0.15) is 11.4 Å². The average Bonchev–Trinajstić information content (AvgIpc) is 2.48. The zero-order valence-corrected chi connectivity index (χ0v) is 16.0. The summed E-state index contributed by atoms with van der Waals surface area (Å²) in [6.45, 7) is 11.5. The fourth-order valence-corrected chi connectivity index (χ4v) is 2.66. The molecule has 1 aromatic carbocycles. The quantitative estimate of drug-likeness (QED) is 0.829. The SMILES string of the molecule is Cc1ccc(N)nc1-c1cccc(CC(C)(C)C(=O)OC(C)(C)C)c1. The fraction of sp³-hybridized carbons (Fsp3) is 0.429. The number of aryl methyl sites for hydroxylation is 1. The Bertz CT molecular complexity index is 774. The summed E-state index contributed by atoms with van der Waals surface area (Å²) >= 11 is 0. The molecule has 1 aromatic heterocycles. The van der Waals surface area contributed by atoms with E-state index in [9.17, 15) is 4.79 Å². The third-order valence-corrected chi connectivity index (χ3v) is 3.92. The first kappa shape index (κ1) is 19.0. The Labute approximate surface area is 150 Å². The molecule has 0 bridgehead atoms. The van der Waals surface area contributed by atoms with Crippen molar-refractivity contribution in [3.63, 3.8) is 0 Å². The highest BCUT2D eigenvalue weighted by Crippen LogP contribution is 2.29. The number of nitrogens with two attached hydrogens (primary N) is 1. The van der Waals surface area contributed by atoms with Gasteiger partial charge in [-0.15, -0.1) is 0 Å². The molecule has 0 spiro atoms. The van der Waals surface area contributed by atoms with Crippen molar-refractivity contribution in [1.29, 1.82) is 0 Å². The predicted molar refractivity (Wildman–Crippen MR) is 102 cm³/mol. The molecule has 0 aliphatic heterocycles. The van der Waals surface area contributed by atoms with Crippen LogP contribution in [-0.4, -0.2) is 16.6 Å². The highest BCUT2D eigenvalue weighted by Gasteiger charge is 2.32. The van der Waals surface area contributed by atoms with Crippen LogP contribution in [0.1, 0.15) is 45.7 Å². The van der Waals surface area contributed by atoms with Gasteiger partial charge in [0.05, 0.1) is 11.1 Å². The number of hydrogen-bond donors (Lipinski definition) is 1. The van der Waals surface area contributed by atoms with Crippen LogP contribution in [0.25, 0.3) is 11.3 Å². The minimum Gasteiger partial charge on any atom is -0.460 e. The number of pyridine rings is 1. The van der Waals surface area contributed by atoms with E-state index in [1.54, 1.807) is 6.07 Å². The Morgan fingerprint density at radius 2 is 1.80 bits per heavy atom. The second kappa shape index (κ2) is 6.87. The number of aromatic nitrogens is 1. The number of ether oxygens (including phenoxy) is 1. The van der Waals surface area contributed by atoms with Gasteiger partial charge in [0.15, 0.2) is 0 Å². The molecule has 0 saturated carbocycles. The minimum atomic E-state index is -0.607. The van der Waals surface area contributed by atoms with Crippen LogP contribution in [0.15, 0.2) is 36.4 Å². The van der Waals surface area contributed by atoms with E-state index in [0.717, 1.165) is 22.4 Å². The topological polar surface area (TPSA) is 65.2 Å². The number of rotatable bonds is 4.